The van der Waals surface area contributed by atoms with Gasteiger partial charge in [-0.3, -0.25) is 9.78 Å². The van der Waals surface area contributed by atoms with E-state index in [2.05, 4.69) is 24.1 Å². The van der Waals surface area contributed by atoms with Crippen molar-refractivity contribution < 1.29 is 4.79 Å². The van der Waals surface area contributed by atoms with Crippen LogP contribution in [0.3, 0.4) is 0 Å². The predicted octanol–water partition coefficient (Wildman–Crippen LogP) is 2.17. The van der Waals surface area contributed by atoms with Crippen LogP contribution in [0, 0.1) is 12.8 Å². The van der Waals surface area contributed by atoms with Gasteiger partial charge in [0, 0.05) is 25.3 Å². The molecule has 0 radical (unpaired) electrons. The lowest BCUT2D eigenvalue weighted by atomic mass is 10.1. The second-order valence-electron chi connectivity index (χ2n) is 6.43. The topological polar surface area (TPSA) is 45.2 Å². The zero-order valence-electron chi connectivity index (χ0n) is 13.4. The van der Waals surface area contributed by atoms with Crippen LogP contribution in [0.25, 0.3) is 0 Å². The van der Waals surface area contributed by atoms with Crippen molar-refractivity contribution in [3.8, 4) is 0 Å². The van der Waals surface area contributed by atoms with E-state index in [-0.39, 0.29) is 5.91 Å². The summed E-state index contributed by atoms with van der Waals surface area (Å²) in [6, 6.07) is 4.39. The van der Waals surface area contributed by atoms with Gasteiger partial charge < -0.3 is 10.2 Å². The van der Waals surface area contributed by atoms with Gasteiger partial charge in [-0.15, -0.1) is 0 Å². The fourth-order valence-electron chi connectivity index (χ4n) is 2.86. The first kappa shape index (κ1) is 16.0. The minimum Gasteiger partial charge on any atom is -0.341 e. The van der Waals surface area contributed by atoms with Gasteiger partial charge in [0.25, 0.3) is 0 Å². The lowest BCUT2D eigenvalue weighted by Crippen LogP contribution is -2.43. The van der Waals surface area contributed by atoms with Crippen LogP contribution in [0.4, 0.5) is 0 Å². The molecule has 0 aromatic carbocycles. The Kier molecular flexibility index (Phi) is 5.74. The summed E-state index contributed by atoms with van der Waals surface area (Å²) in [4.78, 5) is 19.0. The van der Waals surface area contributed by atoms with Crippen LogP contribution < -0.4 is 5.32 Å². The van der Waals surface area contributed by atoms with Gasteiger partial charge in [-0.25, -0.2) is 0 Å². The van der Waals surface area contributed by atoms with E-state index in [4.69, 9.17) is 0 Å². The minimum atomic E-state index is 0.194. The highest BCUT2D eigenvalue weighted by molar-refractivity contribution is 5.78. The molecule has 1 aliphatic rings. The number of nitrogens with one attached hydrogen (secondary N) is 1. The van der Waals surface area contributed by atoms with Crippen LogP contribution in [0.2, 0.25) is 0 Å². The molecule has 1 amide bonds. The molecule has 4 heteroatoms. The lowest BCUT2D eigenvalue weighted by molar-refractivity contribution is -0.131. The number of carbonyl (C=O) groups excluding carboxylic acids is 1. The smallest absolute Gasteiger partial charge is 0.228 e. The number of aromatic nitrogens is 1. The number of aryl methyl sites for hydroxylation is 1. The first-order chi connectivity index (χ1) is 10.1. The van der Waals surface area contributed by atoms with Gasteiger partial charge in [0.05, 0.1) is 12.1 Å². The fourth-order valence-corrected chi connectivity index (χ4v) is 2.86. The van der Waals surface area contributed by atoms with E-state index >= 15 is 0 Å². The van der Waals surface area contributed by atoms with Crippen molar-refractivity contribution in [2.24, 2.45) is 5.92 Å². The zero-order valence-corrected chi connectivity index (χ0v) is 13.4. The number of rotatable bonds is 6. The molecule has 1 fully saturated rings. The highest BCUT2D eigenvalue weighted by Gasteiger charge is 2.22. The van der Waals surface area contributed by atoms with E-state index in [0.717, 1.165) is 30.9 Å². The Morgan fingerprint density at radius 2 is 2.33 bits per heavy atom. The molecule has 0 aliphatic carbocycles. The van der Waals surface area contributed by atoms with Crippen LogP contribution in [-0.2, 0) is 11.2 Å². The van der Waals surface area contributed by atoms with Gasteiger partial charge in [-0.2, -0.15) is 0 Å². The summed E-state index contributed by atoms with van der Waals surface area (Å²) < 4.78 is 0. The molecule has 2 heterocycles. The van der Waals surface area contributed by atoms with E-state index in [1.807, 2.05) is 24.0 Å². The third kappa shape index (κ3) is 4.81. The Balaban J connectivity index is 2.01. The number of amides is 1. The molecule has 1 atom stereocenters. The summed E-state index contributed by atoms with van der Waals surface area (Å²) in [6.07, 6.45) is 4.56. The summed E-state index contributed by atoms with van der Waals surface area (Å²) in [5, 5.41) is 3.48. The van der Waals surface area contributed by atoms with E-state index in [1.54, 1.807) is 6.20 Å². The van der Waals surface area contributed by atoms with E-state index in [9.17, 15) is 4.79 Å². The number of hydrogen-bond acceptors (Lipinski definition) is 3. The Hall–Kier alpha value is -1.42. The minimum absolute atomic E-state index is 0.194. The summed E-state index contributed by atoms with van der Waals surface area (Å²) in [5.74, 6) is 0.680. The van der Waals surface area contributed by atoms with E-state index < -0.39 is 0 Å². The van der Waals surface area contributed by atoms with Gasteiger partial charge >= 0.3 is 0 Å². The lowest BCUT2D eigenvalue weighted by Gasteiger charge is -2.27. The van der Waals surface area contributed by atoms with Gasteiger partial charge in [-0.05, 0) is 43.9 Å². The van der Waals surface area contributed by atoms with Crippen molar-refractivity contribution in [3.63, 3.8) is 0 Å². The largest absolute Gasteiger partial charge is 0.341 e. The number of hydrogen-bond donors (Lipinski definition) is 1. The zero-order chi connectivity index (χ0) is 15.2. The quantitative estimate of drug-likeness (QED) is 0.873. The number of pyridine rings is 1. The maximum atomic E-state index is 12.6. The van der Waals surface area contributed by atoms with Crippen LogP contribution in [0.5, 0.6) is 0 Å². The Morgan fingerprint density at radius 3 is 2.95 bits per heavy atom. The molecule has 0 bridgehead atoms. The van der Waals surface area contributed by atoms with Crippen LogP contribution in [-0.4, -0.2) is 41.5 Å². The maximum Gasteiger partial charge on any atom is 0.228 e. The predicted molar refractivity (Wildman–Crippen MR) is 85.1 cm³/mol. The van der Waals surface area contributed by atoms with E-state index in [0.29, 0.717) is 18.4 Å². The molecule has 0 spiro atoms. The molecular weight excluding hydrogens is 262 g/mol. The Bertz CT molecular complexity index is 467. The molecule has 2 rings (SSSR count). The van der Waals surface area contributed by atoms with Gasteiger partial charge in [0.15, 0.2) is 0 Å². The maximum absolute atomic E-state index is 12.6. The van der Waals surface area contributed by atoms with Gasteiger partial charge in [0.2, 0.25) is 5.91 Å². The monoisotopic (exact) mass is 289 g/mol. The standard InChI is InChI=1S/C17H27N3O/c1-13(2)11-20(12-15-7-5-8-18-15)17(21)10-16-14(3)6-4-9-19-16/h4,6,9,13,15,18H,5,7-8,10-12H2,1-3H3. The number of nitrogens with zero attached hydrogens (tertiary/aromatic N) is 2. The third-order valence-corrected chi connectivity index (χ3v) is 3.98. The molecule has 1 aliphatic heterocycles. The Labute approximate surface area is 127 Å². The molecule has 0 saturated carbocycles. The van der Waals surface area contributed by atoms with Gasteiger partial charge in [0.1, 0.15) is 0 Å². The van der Waals surface area contributed by atoms with Crippen molar-refractivity contribution in [2.45, 2.75) is 46.1 Å². The molecule has 1 N–H and O–H groups in total. The molecule has 4 nitrogen and oxygen atoms in total. The van der Waals surface area contributed by atoms with Crippen molar-refractivity contribution >= 4 is 5.91 Å². The summed E-state index contributed by atoms with van der Waals surface area (Å²) in [5.41, 5.74) is 1.99. The molecule has 1 unspecified atom stereocenters. The average molecular weight is 289 g/mol. The van der Waals surface area contributed by atoms with Crippen LogP contribution in [0.15, 0.2) is 18.3 Å². The SMILES string of the molecule is Cc1cccnc1CC(=O)N(CC(C)C)CC1CCCN1. The molecule has 1 saturated heterocycles. The highest BCUT2D eigenvalue weighted by Crippen LogP contribution is 2.12. The summed E-state index contributed by atoms with van der Waals surface area (Å²) >= 11 is 0. The Morgan fingerprint density at radius 1 is 1.52 bits per heavy atom. The molecule has 21 heavy (non-hydrogen) atoms. The van der Waals surface area contributed by atoms with Crippen molar-refractivity contribution in [1.29, 1.82) is 0 Å². The first-order valence-corrected chi connectivity index (χ1v) is 7.98. The van der Waals surface area contributed by atoms with Crippen molar-refractivity contribution in [2.75, 3.05) is 19.6 Å². The van der Waals surface area contributed by atoms with Crippen LogP contribution >= 0.6 is 0 Å². The van der Waals surface area contributed by atoms with Crippen molar-refractivity contribution in [1.82, 2.24) is 15.2 Å². The molecular formula is C17H27N3O. The summed E-state index contributed by atoms with van der Waals surface area (Å²) in [6.45, 7) is 9.06. The average Bonchev–Trinajstić information content (AvgIpc) is 2.93. The second-order valence-corrected chi connectivity index (χ2v) is 6.43. The van der Waals surface area contributed by atoms with Crippen LogP contribution in [0.1, 0.15) is 37.9 Å². The van der Waals surface area contributed by atoms with Gasteiger partial charge in [-0.1, -0.05) is 19.9 Å². The van der Waals surface area contributed by atoms with Crippen molar-refractivity contribution in [3.05, 3.63) is 29.6 Å². The highest BCUT2D eigenvalue weighted by atomic mass is 16.2. The molecule has 1 aromatic rings. The number of carbonyl (C=O) groups is 1. The third-order valence-electron chi connectivity index (χ3n) is 3.98. The fraction of sp³-hybridized carbons (Fsp3) is 0.647. The second kappa shape index (κ2) is 7.55. The normalized spacial score (nSPS) is 18.2. The summed E-state index contributed by atoms with van der Waals surface area (Å²) in [7, 11) is 0. The van der Waals surface area contributed by atoms with E-state index in [1.165, 1.54) is 12.8 Å². The molecule has 116 valence electrons. The first-order valence-electron chi connectivity index (χ1n) is 7.98. The molecule has 1 aromatic heterocycles.